The van der Waals surface area contributed by atoms with E-state index in [-0.39, 0.29) is 12.0 Å². The predicted octanol–water partition coefficient (Wildman–Crippen LogP) is 3.40. The smallest absolute Gasteiger partial charge is 0.269 e. The Bertz CT molecular complexity index is 1080. The lowest BCUT2D eigenvalue weighted by molar-refractivity contribution is -0.115. The van der Waals surface area contributed by atoms with Gasteiger partial charge in [-0.15, -0.1) is 0 Å². The normalized spacial score (nSPS) is 15.4. The van der Waals surface area contributed by atoms with Crippen LogP contribution < -0.4 is 10.1 Å². The number of para-hydroxylation sites is 1. The number of nitrogens with zero attached hydrogens (tertiary/aromatic N) is 3. The molecular weight excluding hydrogens is 408 g/mol. The molecule has 154 valence electrons. The largest absolute Gasteiger partial charge is 0.496 e. The number of halogens is 1. The molecule has 1 atom stereocenters. The van der Waals surface area contributed by atoms with Gasteiger partial charge in [0.2, 0.25) is 0 Å². The van der Waals surface area contributed by atoms with Crippen LogP contribution in [0.5, 0.6) is 5.75 Å². The first kappa shape index (κ1) is 19.9. The van der Waals surface area contributed by atoms with E-state index in [2.05, 4.69) is 20.6 Å². The van der Waals surface area contributed by atoms with E-state index in [0.717, 1.165) is 11.1 Å². The van der Waals surface area contributed by atoms with Gasteiger partial charge in [-0.25, -0.2) is 0 Å². The zero-order valence-electron chi connectivity index (χ0n) is 16.2. The van der Waals surface area contributed by atoms with Gasteiger partial charge in [0.1, 0.15) is 17.6 Å². The number of amides is 1. The molecule has 3 aromatic rings. The minimum atomic E-state index is -0.332. The summed E-state index contributed by atoms with van der Waals surface area (Å²) in [5, 5.41) is 11.3. The van der Waals surface area contributed by atoms with E-state index in [1.165, 1.54) is 0 Å². The Balaban J connectivity index is 1.30. The van der Waals surface area contributed by atoms with Crippen molar-refractivity contribution in [1.29, 1.82) is 0 Å². The molecule has 1 N–H and O–H groups in total. The van der Waals surface area contributed by atoms with Crippen LogP contribution in [0.1, 0.15) is 17.8 Å². The van der Waals surface area contributed by atoms with Crippen LogP contribution in [0.15, 0.2) is 58.2 Å². The van der Waals surface area contributed by atoms with E-state index < -0.39 is 0 Å². The van der Waals surface area contributed by atoms with Gasteiger partial charge in [0.25, 0.3) is 11.8 Å². The summed E-state index contributed by atoms with van der Waals surface area (Å²) in [6, 6.07) is 14.7. The first-order valence-corrected chi connectivity index (χ1v) is 9.71. The molecule has 1 aliphatic heterocycles. The number of benzene rings is 2. The lowest BCUT2D eigenvalue weighted by Crippen LogP contribution is -2.30. The molecule has 0 saturated heterocycles. The highest BCUT2D eigenvalue weighted by Gasteiger charge is 2.28. The second-order valence-corrected chi connectivity index (χ2v) is 7.13. The van der Waals surface area contributed by atoms with Gasteiger partial charge in [-0.3, -0.25) is 4.79 Å². The molecule has 0 fully saturated rings. The average Bonchev–Trinajstić information content (AvgIpc) is 3.42. The lowest BCUT2D eigenvalue weighted by Gasteiger charge is -2.09. The van der Waals surface area contributed by atoms with Crippen molar-refractivity contribution in [3.8, 4) is 17.2 Å². The number of carbonyl (C=O) groups is 1. The fourth-order valence-corrected chi connectivity index (χ4v) is 3.27. The highest BCUT2D eigenvalue weighted by Crippen LogP contribution is 2.22. The van der Waals surface area contributed by atoms with Crippen molar-refractivity contribution < 1.29 is 18.9 Å². The fraction of sp³-hybridized carbons (Fsp3) is 0.238. The van der Waals surface area contributed by atoms with Gasteiger partial charge < -0.3 is 19.4 Å². The zero-order valence-corrected chi connectivity index (χ0v) is 16.9. The average molecular weight is 427 g/mol. The van der Waals surface area contributed by atoms with Crippen LogP contribution >= 0.6 is 11.6 Å². The van der Waals surface area contributed by atoms with Crippen LogP contribution in [0.3, 0.4) is 0 Å². The highest BCUT2D eigenvalue weighted by atomic mass is 35.5. The van der Waals surface area contributed by atoms with Crippen LogP contribution in [-0.4, -0.2) is 35.0 Å². The van der Waals surface area contributed by atoms with E-state index in [4.69, 9.17) is 25.7 Å². The molecular formula is C21H19ClN4O4. The first-order valence-electron chi connectivity index (χ1n) is 9.33. The van der Waals surface area contributed by atoms with Gasteiger partial charge in [0.05, 0.1) is 13.5 Å². The van der Waals surface area contributed by atoms with Crippen LogP contribution in [0.4, 0.5) is 0 Å². The zero-order chi connectivity index (χ0) is 20.9. The second-order valence-electron chi connectivity index (χ2n) is 6.69. The SMILES string of the molecule is COc1ccccc1CNC(=O)C1=NO[C@@H](Cc2noc(-c3cccc(Cl)c3)n2)C1. The van der Waals surface area contributed by atoms with Crippen molar-refractivity contribution in [2.45, 2.75) is 25.5 Å². The third-order valence-electron chi connectivity index (χ3n) is 4.58. The molecule has 1 amide bonds. The van der Waals surface area contributed by atoms with Crippen molar-refractivity contribution >= 4 is 23.2 Å². The summed E-state index contributed by atoms with van der Waals surface area (Å²) in [5.74, 6) is 1.28. The van der Waals surface area contributed by atoms with Crippen molar-refractivity contribution in [1.82, 2.24) is 15.5 Å². The Morgan fingerprint density at radius 3 is 2.97 bits per heavy atom. The van der Waals surface area contributed by atoms with E-state index in [0.29, 0.717) is 47.6 Å². The van der Waals surface area contributed by atoms with Gasteiger partial charge in [-0.1, -0.05) is 46.2 Å². The summed E-state index contributed by atoms with van der Waals surface area (Å²) < 4.78 is 10.6. The Labute approximate surface area is 177 Å². The molecule has 2 aromatic carbocycles. The Morgan fingerprint density at radius 2 is 2.13 bits per heavy atom. The maximum Gasteiger partial charge on any atom is 0.269 e. The van der Waals surface area contributed by atoms with Gasteiger partial charge in [-0.2, -0.15) is 4.98 Å². The molecule has 0 radical (unpaired) electrons. The van der Waals surface area contributed by atoms with Crippen LogP contribution in [-0.2, 0) is 22.6 Å². The number of carbonyl (C=O) groups excluding carboxylic acids is 1. The number of oxime groups is 1. The third-order valence-corrected chi connectivity index (χ3v) is 4.81. The third kappa shape index (κ3) is 4.60. The maximum atomic E-state index is 12.4. The fourth-order valence-electron chi connectivity index (χ4n) is 3.08. The Kier molecular flexibility index (Phi) is 5.94. The van der Waals surface area contributed by atoms with Crippen molar-refractivity contribution in [3.63, 3.8) is 0 Å². The van der Waals surface area contributed by atoms with E-state index in [1.54, 1.807) is 19.2 Å². The van der Waals surface area contributed by atoms with Crippen LogP contribution in [0, 0.1) is 0 Å². The molecule has 0 spiro atoms. The number of aromatic nitrogens is 2. The van der Waals surface area contributed by atoms with Gasteiger partial charge >= 0.3 is 0 Å². The number of hydrogen-bond donors (Lipinski definition) is 1. The van der Waals surface area contributed by atoms with Crippen molar-refractivity contribution in [3.05, 3.63) is 64.9 Å². The van der Waals surface area contributed by atoms with Crippen LogP contribution in [0.25, 0.3) is 11.5 Å². The monoisotopic (exact) mass is 426 g/mol. The molecule has 2 heterocycles. The molecule has 4 rings (SSSR count). The number of hydrogen-bond acceptors (Lipinski definition) is 7. The Hall–Kier alpha value is -3.39. The summed E-state index contributed by atoms with van der Waals surface area (Å²) in [4.78, 5) is 22.2. The summed E-state index contributed by atoms with van der Waals surface area (Å²) >= 11 is 6.00. The number of ether oxygens (including phenoxy) is 1. The number of nitrogens with one attached hydrogen (secondary N) is 1. The molecule has 9 heteroatoms. The molecule has 1 aliphatic rings. The lowest BCUT2D eigenvalue weighted by atomic mass is 10.1. The van der Waals surface area contributed by atoms with Gasteiger partial charge in [0.15, 0.2) is 5.82 Å². The molecule has 30 heavy (non-hydrogen) atoms. The first-order chi connectivity index (χ1) is 14.6. The molecule has 0 unspecified atom stereocenters. The van der Waals surface area contributed by atoms with E-state index in [9.17, 15) is 4.79 Å². The summed E-state index contributed by atoms with van der Waals surface area (Å²) in [6.07, 6.45) is 0.400. The molecule has 1 aromatic heterocycles. The van der Waals surface area contributed by atoms with Crippen molar-refractivity contribution in [2.75, 3.05) is 7.11 Å². The topological polar surface area (TPSA) is 98.8 Å². The standard InChI is InChI=1S/C21H19ClN4O4/c1-28-18-8-3-2-5-14(18)12-23-20(27)17-10-16(29-25-17)11-19-24-21(30-26-19)13-6-4-7-15(22)9-13/h2-9,16H,10-12H2,1H3,(H,23,27)/t16-/m1/s1. The summed E-state index contributed by atoms with van der Waals surface area (Å²) in [7, 11) is 1.59. The van der Waals surface area contributed by atoms with Crippen LogP contribution in [0.2, 0.25) is 5.02 Å². The number of rotatable bonds is 7. The molecule has 0 saturated carbocycles. The molecule has 0 bridgehead atoms. The summed E-state index contributed by atoms with van der Waals surface area (Å²) in [6.45, 7) is 0.334. The predicted molar refractivity (Wildman–Crippen MR) is 110 cm³/mol. The maximum absolute atomic E-state index is 12.4. The van der Waals surface area contributed by atoms with Gasteiger partial charge in [0, 0.05) is 29.1 Å². The van der Waals surface area contributed by atoms with E-state index >= 15 is 0 Å². The Morgan fingerprint density at radius 1 is 1.27 bits per heavy atom. The van der Waals surface area contributed by atoms with Gasteiger partial charge in [-0.05, 0) is 24.3 Å². The minimum Gasteiger partial charge on any atom is -0.496 e. The minimum absolute atomic E-state index is 0.281. The quantitative estimate of drug-likeness (QED) is 0.621. The summed E-state index contributed by atoms with van der Waals surface area (Å²) in [5.41, 5.74) is 1.94. The highest BCUT2D eigenvalue weighted by molar-refractivity contribution is 6.39. The number of methoxy groups -OCH3 is 1. The molecule has 8 nitrogen and oxygen atoms in total. The van der Waals surface area contributed by atoms with E-state index in [1.807, 2.05) is 36.4 Å². The van der Waals surface area contributed by atoms with Crippen molar-refractivity contribution in [2.24, 2.45) is 5.16 Å². The molecule has 0 aliphatic carbocycles. The second kappa shape index (κ2) is 8.96.